The Morgan fingerprint density at radius 3 is 2.23 bits per heavy atom. The van der Waals surface area contributed by atoms with Gasteiger partial charge in [0.25, 0.3) is 0 Å². The lowest BCUT2D eigenvalue weighted by molar-refractivity contribution is -0.138. The van der Waals surface area contributed by atoms with Gasteiger partial charge < -0.3 is 19.4 Å². The van der Waals surface area contributed by atoms with Crippen molar-refractivity contribution in [2.75, 3.05) is 46.4 Å². The summed E-state index contributed by atoms with van der Waals surface area (Å²) in [6.07, 6.45) is 0. The van der Waals surface area contributed by atoms with Crippen LogP contribution in [0.15, 0.2) is 9.31 Å². The summed E-state index contributed by atoms with van der Waals surface area (Å²) in [5.41, 5.74) is -0.0657. The summed E-state index contributed by atoms with van der Waals surface area (Å²) in [5, 5.41) is 3.06. The highest BCUT2D eigenvalue weighted by Gasteiger charge is 2.38. The van der Waals surface area contributed by atoms with Crippen molar-refractivity contribution < 1.29 is 27.2 Å². The van der Waals surface area contributed by atoms with Gasteiger partial charge in [0.1, 0.15) is 22.0 Å². The number of carbonyl (C=O) groups is 2. The molecule has 0 spiro atoms. The Hall–Kier alpha value is -1.91. The number of methoxy groups -OCH3 is 1. The van der Waals surface area contributed by atoms with Gasteiger partial charge >= 0.3 is 5.97 Å². The van der Waals surface area contributed by atoms with E-state index in [-0.39, 0.29) is 46.9 Å². The first-order chi connectivity index (χ1) is 12.3. The summed E-state index contributed by atoms with van der Waals surface area (Å²) >= 11 is 0. The summed E-state index contributed by atoms with van der Waals surface area (Å²) in [4.78, 5) is 25.9. The molecule has 0 radical (unpaired) electrons. The van der Waals surface area contributed by atoms with Gasteiger partial charge in [0.05, 0.1) is 13.0 Å². The molecule has 2 aliphatic heterocycles. The molecule has 1 amide bonds. The van der Waals surface area contributed by atoms with Crippen LogP contribution in [0.4, 0.5) is 0 Å². The number of nitrogens with zero attached hydrogens (tertiary/aromatic N) is 2. The van der Waals surface area contributed by atoms with E-state index < -0.39 is 16.0 Å². The minimum atomic E-state index is -3.93. The molecule has 0 aliphatic carbocycles. The van der Waals surface area contributed by atoms with E-state index >= 15 is 0 Å². The summed E-state index contributed by atoms with van der Waals surface area (Å²) in [7, 11) is -2.74. The molecule has 3 heterocycles. The maximum atomic E-state index is 13.1. The SMILES string of the molecule is COC(=O)c1c(C)oc(C)c1S(=O)(=O)N1CCN(C(=O)C2CNC2)CC1. The molecule has 0 atom stereocenters. The Balaban J connectivity index is 1.80. The molecule has 0 unspecified atom stereocenters. The van der Waals surface area contributed by atoms with Gasteiger partial charge in [-0.15, -0.1) is 0 Å². The van der Waals surface area contributed by atoms with Crippen LogP contribution < -0.4 is 5.32 Å². The van der Waals surface area contributed by atoms with Crippen LogP contribution in [0.2, 0.25) is 0 Å². The van der Waals surface area contributed by atoms with E-state index in [0.717, 1.165) is 0 Å². The third kappa shape index (κ3) is 3.12. The minimum Gasteiger partial charge on any atom is -0.465 e. The third-order valence-electron chi connectivity index (χ3n) is 4.87. The normalized spacial score (nSPS) is 19.3. The van der Waals surface area contributed by atoms with Crippen molar-refractivity contribution in [3.05, 3.63) is 17.1 Å². The maximum absolute atomic E-state index is 13.1. The molecule has 144 valence electrons. The van der Waals surface area contributed by atoms with Crippen LogP contribution in [-0.2, 0) is 19.6 Å². The van der Waals surface area contributed by atoms with Crippen molar-refractivity contribution in [3.63, 3.8) is 0 Å². The van der Waals surface area contributed by atoms with E-state index in [1.807, 2.05) is 0 Å². The number of hydrogen-bond acceptors (Lipinski definition) is 7. The second kappa shape index (κ2) is 7.01. The Bertz CT molecular complexity index is 819. The van der Waals surface area contributed by atoms with E-state index in [9.17, 15) is 18.0 Å². The lowest BCUT2D eigenvalue weighted by Gasteiger charge is -2.37. The lowest BCUT2D eigenvalue weighted by atomic mass is 10.0. The number of amides is 1. The number of nitrogens with one attached hydrogen (secondary N) is 1. The molecule has 0 bridgehead atoms. The maximum Gasteiger partial charge on any atom is 0.342 e. The Morgan fingerprint density at radius 2 is 1.73 bits per heavy atom. The molecular weight excluding hydrogens is 362 g/mol. The smallest absolute Gasteiger partial charge is 0.342 e. The molecule has 2 fully saturated rings. The number of ether oxygens (including phenoxy) is 1. The molecule has 2 aliphatic rings. The Morgan fingerprint density at radius 1 is 1.12 bits per heavy atom. The fourth-order valence-corrected chi connectivity index (χ4v) is 5.10. The largest absolute Gasteiger partial charge is 0.465 e. The number of aryl methyl sites for hydroxylation is 2. The van der Waals surface area contributed by atoms with E-state index in [1.54, 1.807) is 4.90 Å². The van der Waals surface area contributed by atoms with Gasteiger partial charge in [-0.3, -0.25) is 4.79 Å². The van der Waals surface area contributed by atoms with Gasteiger partial charge in [-0.2, -0.15) is 4.31 Å². The van der Waals surface area contributed by atoms with Crippen LogP contribution in [-0.4, -0.2) is 75.9 Å². The van der Waals surface area contributed by atoms with Gasteiger partial charge in [0, 0.05) is 39.3 Å². The zero-order valence-electron chi connectivity index (χ0n) is 15.1. The van der Waals surface area contributed by atoms with Crippen LogP contribution in [0.25, 0.3) is 0 Å². The van der Waals surface area contributed by atoms with Crippen LogP contribution in [0, 0.1) is 19.8 Å². The topological polar surface area (TPSA) is 109 Å². The predicted octanol–water partition coefficient (Wildman–Crippen LogP) is -0.265. The number of carbonyl (C=O) groups excluding carboxylic acids is 2. The van der Waals surface area contributed by atoms with Crippen LogP contribution in [0.5, 0.6) is 0 Å². The average Bonchev–Trinajstić information content (AvgIpc) is 2.87. The zero-order valence-corrected chi connectivity index (χ0v) is 15.9. The highest BCUT2D eigenvalue weighted by atomic mass is 32.2. The quantitative estimate of drug-likeness (QED) is 0.711. The van der Waals surface area contributed by atoms with E-state index in [0.29, 0.717) is 26.2 Å². The number of piperazine rings is 1. The first kappa shape index (κ1) is 18.9. The predicted molar refractivity (Wildman–Crippen MR) is 91.2 cm³/mol. The van der Waals surface area contributed by atoms with Crippen LogP contribution >= 0.6 is 0 Å². The fraction of sp³-hybridized carbons (Fsp3) is 0.625. The van der Waals surface area contributed by atoms with E-state index in [4.69, 9.17) is 9.15 Å². The number of esters is 1. The van der Waals surface area contributed by atoms with Gasteiger partial charge in [-0.05, 0) is 13.8 Å². The summed E-state index contributed by atoms with van der Waals surface area (Å²) in [6, 6.07) is 0. The van der Waals surface area contributed by atoms with Crippen molar-refractivity contribution in [1.82, 2.24) is 14.5 Å². The standard InChI is InChI=1S/C16H23N3O6S/c1-10-13(16(21)24-3)14(11(2)25-10)26(22,23)19-6-4-18(5-7-19)15(20)12-8-17-9-12/h12,17H,4-9H2,1-3H3. The fourth-order valence-electron chi connectivity index (χ4n) is 3.31. The molecule has 10 heteroatoms. The molecule has 26 heavy (non-hydrogen) atoms. The summed E-state index contributed by atoms with van der Waals surface area (Å²) in [5.74, 6) is -0.334. The molecule has 1 N–H and O–H groups in total. The van der Waals surface area contributed by atoms with Crippen molar-refractivity contribution in [3.8, 4) is 0 Å². The van der Waals surface area contributed by atoms with E-state index in [2.05, 4.69) is 5.32 Å². The number of rotatable bonds is 4. The molecule has 3 rings (SSSR count). The highest BCUT2D eigenvalue weighted by molar-refractivity contribution is 7.89. The molecular formula is C16H23N3O6S. The van der Waals surface area contributed by atoms with Crippen molar-refractivity contribution >= 4 is 21.9 Å². The summed E-state index contributed by atoms with van der Waals surface area (Å²) < 4.78 is 37.5. The third-order valence-corrected chi connectivity index (χ3v) is 6.93. The van der Waals surface area contributed by atoms with Crippen molar-refractivity contribution in [1.29, 1.82) is 0 Å². The van der Waals surface area contributed by atoms with Crippen LogP contribution in [0.1, 0.15) is 21.9 Å². The molecule has 1 aromatic rings. The Labute approximate surface area is 152 Å². The minimum absolute atomic E-state index is 0.0112. The first-order valence-electron chi connectivity index (χ1n) is 8.45. The second-order valence-electron chi connectivity index (χ2n) is 6.49. The number of hydrogen-bond donors (Lipinski definition) is 1. The van der Waals surface area contributed by atoms with Gasteiger partial charge in [0.2, 0.25) is 15.9 Å². The molecule has 1 aromatic heterocycles. The monoisotopic (exact) mass is 385 g/mol. The Kier molecular flexibility index (Phi) is 5.09. The molecule has 0 saturated carbocycles. The number of sulfonamides is 1. The lowest BCUT2D eigenvalue weighted by Crippen LogP contribution is -2.57. The van der Waals surface area contributed by atoms with Gasteiger partial charge in [-0.1, -0.05) is 0 Å². The summed E-state index contributed by atoms with van der Waals surface area (Å²) in [6.45, 7) is 5.41. The van der Waals surface area contributed by atoms with E-state index in [1.165, 1.54) is 25.3 Å². The molecule has 0 aromatic carbocycles. The van der Waals surface area contributed by atoms with Gasteiger partial charge in [-0.25, -0.2) is 13.2 Å². The number of furan rings is 1. The molecule has 9 nitrogen and oxygen atoms in total. The zero-order chi connectivity index (χ0) is 19.1. The van der Waals surface area contributed by atoms with Crippen molar-refractivity contribution in [2.45, 2.75) is 18.7 Å². The first-order valence-corrected chi connectivity index (χ1v) is 9.89. The second-order valence-corrected chi connectivity index (χ2v) is 8.37. The van der Waals surface area contributed by atoms with Crippen LogP contribution in [0.3, 0.4) is 0 Å². The average molecular weight is 385 g/mol. The highest BCUT2D eigenvalue weighted by Crippen LogP contribution is 2.30. The van der Waals surface area contributed by atoms with Gasteiger partial charge in [0.15, 0.2) is 0 Å². The van der Waals surface area contributed by atoms with Crippen molar-refractivity contribution in [2.24, 2.45) is 5.92 Å². The molecule has 2 saturated heterocycles.